The Kier molecular flexibility index (Phi) is 5.15. The molecule has 2 heterocycles. The number of carbonyl (C=O) groups excluding carboxylic acids is 3. The van der Waals surface area contributed by atoms with Crippen LogP contribution in [0.1, 0.15) is 21.5 Å². The van der Waals surface area contributed by atoms with Crippen molar-refractivity contribution >= 4 is 28.7 Å². The Bertz CT molecular complexity index is 1210. The molecule has 4 amide bonds. The molecule has 0 spiro atoms. The van der Waals surface area contributed by atoms with Crippen LogP contribution < -0.4 is 10.6 Å². The van der Waals surface area contributed by atoms with Crippen molar-refractivity contribution in [1.29, 1.82) is 0 Å². The monoisotopic (exact) mass is 444 g/mol. The van der Waals surface area contributed by atoms with Crippen LogP contribution in [-0.4, -0.2) is 46.1 Å². The molecule has 1 fully saturated rings. The first-order chi connectivity index (χ1) is 15.1. The van der Waals surface area contributed by atoms with Gasteiger partial charge in [0.1, 0.15) is 0 Å². The molecule has 2 aromatic carbocycles. The zero-order valence-corrected chi connectivity index (χ0v) is 16.9. The average Bonchev–Trinajstić information content (AvgIpc) is 3.25. The summed E-state index contributed by atoms with van der Waals surface area (Å²) in [6, 6.07) is 11.6. The third kappa shape index (κ3) is 3.57. The molecule has 0 bridgehead atoms. The molecule has 7 nitrogen and oxygen atoms in total. The van der Waals surface area contributed by atoms with Crippen LogP contribution in [0.15, 0.2) is 54.7 Å². The van der Waals surface area contributed by atoms with Crippen molar-refractivity contribution in [2.75, 3.05) is 6.54 Å². The second-order valence-electron chi connectivity index (χ2n) is 7.57. The Morgan fingerprint density at radius 3 is 2.53 bits per heavy atom. The number of halogens is 3. The largest absolute Gasteiger partial charge is 0.440 e. The third-order valence-corrected chi connectivity index (χ3v) is 5.40. The first-order valence-electron chi connectivity index (χ1n) is 9.77. The maximum absolute atomic E-state index is 14.0. The molecule has 1 aromatic heterocycles. The van der Waals surface area contributed by atoms with Crippen LogP contribution >= 0.6 is 0 Å². The SMILES string of the molecule is Cc1ccc2[nH]cc(CCN3C(=O)NC(NC(=O)c4ccccc4)(C(F)(F)F)C3=O)c2c1. The van der Waals surface area contributed by atoms with Gasteiger partial charge in [0.15, 0.2) is 0 Å². The van der Waals surface area contributed by atoms with E-state index in [0.29, 0.717) is 4.90 Å². The van der Waals surface area contributed by atoms with E-state index < -0.39 is 29.7 Å². The molecule has 1 saturated heterocycles. The number of alkyl halides is 3. The number of H-pyrrole nitrogens is 1. The highest BCUT2D eigenvalue weighted by Gasteiger charge is 2.68. The lowest BCUT2D eigenvalue weighted by molar-refractivity contribution is -0.200. The predicted molar refractivity (Wildman–Crippen MR) is 110 cm³/mol. The molecule has 166 valence electrons. The van der Waals surface area contributed by atoms with Crippen molar-refractivity contribution in [3.05, 3.63) is 71.4 Å². The van der Waals surface area contributed by atoms with Crippen molar-refractivity contribution in [3.63, 3.8) is 0 Å². The van der Waals surface area contributed by atoms with Crippen LogP contribution in [-0.2, 0) is 11.2 Å². The summed E-state index contributed by atoms with van der Waals surface area (Å²) in [6.07, 6.45) is -3.42. The van der Waals surface area contributed by atoms with Gasteiger partial charge in [0.05, 0.1) is 0 Å². The standard InChI is InChI=1S/C22H19F3N4O3/c1-13-7-8-17-16(11-13)15(12-26-17)9-10-29-19(31)21(22(23,24)25,28-20(29)32)27-18(30)14-5-3-2-4-6-14/h2-8,11-12,26H,9-10H2,1H3,(H,27,30)(H,28,32). The lowest BCUT2D eigenvalue weighted by Gasteiger charge is -2.29. The summed E-state index contributed by atoms with van der Waals surface area (Å²) in [7, 11) is 0. The molecule has 3 aromatic rings. The van der Waals surface area contributed by atoms with E-state index in [1.165, 1.54) is 24.3 Å². The minimum Gasteiger partial charge on any atom is -0.361 e. The van der Waals surface area contributed by atoms with Crippen LogP contribution in [0.2, 0.25) is 0 Å². The van der Waals surface area contributed by atoms with Crippen molar-refractivity contribution in [1.82, 2.24) is 20.5 Å². The number of urea groups is 1. The van der Waals surface area contributed by atoms with E-state index in [4.69, 9.17) is 0 Å². The molecule has 4 rings (SSSR count). The van der Waals surface area contributed by atoms with Crippen LogP contribution in [0.25, 0.3) is 10.9 Å². The number of aryl methyl sites for hydroxylation is 1. The number of hydrogen-bond acceptors (Lipinski definition) is 3. The maximum Gasteiger partial charge on any atom is 0.440 e. The predicted octanol–water partition coefficient (Wildman–Crippen LogP) is 3.26. The van der Waals surface area contributed by atoms with Crippen LogP contribution in [0.4, 0.5) is 18.0 Å². The van der Waals surface area contributed by atoms with E-state index in [1.807, 2.05) is 25.1 Å². The zero-order valence-electron chi connectivity index (χ0n) is 16.9. The number of aromatic amines is 1. The molecule has 3 N–H and O–H groups in total. The fourth-order valence-corrected chi connectivity index (χ4v) is 3.69. The minimum absolute atomic E-state index is 0.0780. The number of rotatable bonds is 5. The number of nitrogens with one attached hydrogen (secondary N) is 3. The Hall–Kier alpha value is -3.82. The normalized spacial score (nSPS) is 18.8. The van der Waals surface area contributed by atoms with Gasteiger partial charge < -0.3 is 10.3 Å². The summed E-state index contributed by atoms with van der Waals surface area (Å²) in [4.78, 5) is 41.1. The first kappa shape index (κ1) is 21.4. The Morgan fingerprint density at radius 1 is 1.12 bits per heavy atom. The third-order valence-electron chi connectivity index (χ3n) is 5.40. The van der Waals surface area contributed by atoms with Gasteiger partial charge in [0, 0.05) is 29.2 Å². The number of imide groups is 1. The number of aromatic nitrogens is 1. The van der Waals surface area contributed by atoms with E-state index in [0.717, 1.165) is 22.0 Å². The van der Waals surface area contributed by atoms with E-state index in [9.17, 15) is 27.6 Å². The summed E-state index contributed by atoms with van der Waals surface area (Å²) in [5.74, 6) is -2.71. The number of amides is 4. The van der Waals surface area contributed by atoms with Gasteiger partial charge in [-0.05, 0) is 43.2 Å². The number of benzene rings is 2. The summed E-state index contributed by atoms with van der Waals surface area (Å²) in [5.41, 5.74) is -1.03. The lowest BCUT2D eigenvalue weighted by Crippen LogP contribution is -2.69. The van der Waals surface area contributed by atoms with Gasteiger partial charge in [-0.1, -0.05) is 29.8 Å². The van der Waals surface area contributed by atoms with Crippen molar-refractivity contribution in [3.8, 4) is 0 Å². The average molecular weight is 444 g/mol. The topological polar surface area (TPSA) is 94.3 Å². The molecule has 0 radical (unpaired) electrons. The molecule has 1 aliphatic rings. The molecule has 32 heavy (non-hydrogen) atoms. The molecule has 0 saturated carbocycles. The van der Waals surface area contributed by atoms with Gasteiger partial charge in [-0.25, -0.2) is 4.79 Å². The van der Waals surface area contributed by atoms with Gasteiger partial charge in [-0.2, -0.15) is 13.2 Å². The Morgan fingerprint density at radius 2 is 1.84 bits per heavy atom. The molecule has 1 atom stereocenters. The molecule has 0 aliphatic carbocycles. The second kappa shape index (κ2) is 7.70. The van der Waals surface area contributed by atoms with Crippen molar-refractivity contribution in [2.45, 2.75) is 25.2 Å². The molecule has 1 unspecified atom stereocenters. The van der Waals surface area contributed by atoms with E-state index >= 15 is 0 Å². The van der Waals surface area contributed by atoms with Crippen molar-refractivity contribution < 1.29 is 27.6 Å². The quantitative estimate of drug-likeness (QED) is 0.528. The Labute approximate surface area is 180 Å². The number of nitrogens with zero attached hydrogens (tertiary/aromatic N) is 1. The van der Waals surface area contributed by atoms with Gasteiger partial charge in [0.25, 0.3) is 17.5 Å². The van der Waals surface area contributed by atoms with E-state index in [1.54, 1.807) is 22.9 Å². The van der Waals surface area contributed by atoms with Crippen LogP contribution in [0, 0.1) is 6.92 Å². The molecule has 1 aliphatic heterocycles. The van der Waals surface area contributed by atoms with Crippen molar-refractivity contribution in [2.24, 2.45) is 0 Å². The fraction of sp³-hybridized carbons (Fsp3) is 0.227. The van der Waals surface area contributed by atoms with Gasteiger partial charge in [0.2, 0.25) is 0 Å². The molecular formula is C22H19F3N4O3. The van der Waals surface area contributed by atoms with Crippen LogP contribution in [0.5, 0.6) is 0 Å². The lowest BCUT2D eigenvalue weighted by atomic mass is 10.1. The first-order valence-corrected chi connectivity index (χ1v) is 9.77. The molecular weight excluding hydrogens is 425 g/mol. The highest BCUT2D eigenvalue weighted by Crippen LogP contribution is 2.34. The van der Waals surface area contributed by atoms with Crippen LogP contribution in [0.3, 0.4) is 0 Å². The van der Waals surface area contributed by atoms with Gasteiger partial charge in [-0.15, -0.1) is 0 Å². The molecule has 10 heteroatoms. The maximum atomic E-state index is 14.0. The summed E-state index contributed by atoms with van der Waals surface area (Å²) in [6.45, 7) is 1.62. The minimum atomic E-state index is -5.25. The van der Waals surface area contributed by atoms with Gasteiger partial charge >= 0.3 is 12.2 Å². The number of fused-ring (bicyclic) bond motifs is 1. The zero-order chi connectivity index (χ0) is 23.1. The summed E-state index contributed by atoms with van der Waals surface area (Å²) >= 11 is 0. The summed E-state index contributed by atoms with van der Waals surface area (Å²) in [5, 5.41) is 4.21. The fourth-order valence-electron chi connectivity index (χ4n) is 3.69. The smallest absolute Gasteiger partial charge is 0.361 e. The highest BCUT2D eigenvalue weighted by molar-refractivity contribution is 6.10. The Balaban J connectivity index is 1.58. The number of hydrogen-bond donors (Lipinski definition) is 3. The number of carbonyl (C=O) groups is 3. The highest BCUT2D eigenvalue weighted by atomic mass is 19.4. The second-order valence-corrected chi connectivity index (χ2v) is 7.57. The van der Waals surface area contributed by atoms with Gasteiger partial charge in [-0.3, -0.25) is 19.8 Å². The summed E-state index contributed by atoms with van der Waals surface area (Å²) < 4.78 is 41.9. The van der Waals surface area contributed by atoms with E-state index in [-0.39, 0.29) is 18.5 Å². The van der Waals surface area contributed by atoms with E-state index in [2.05, 4.69) is 4.98 Å².